The first-order valence-corrected chi connectivity index (χ1v) is 10.2. The van der Waals surface area contributed by atoms with E-state index < -0.39 is 0 Å². The van der Waals surface area contributed by atoms with Crippen LogP contribution in [0.5, 0.6) is 0 Å². The number of nitrogens with one attached hydrogen (secondary N) is 2. The van der Waals surface area contributed by atoms with E-state index in [1.54, 1.807) is 15.8 Å². The van der Waals surface area contributed by atoms with E-state index in [2.05, 4.69) is 20.7 Å². The molecule has 160 valence electrons. The van der Waals surface area contributed by atoms with Crippen molar-refractivity contribution in [2.75, 3.05) is 37.6 Å². The molecule has 9 heteroatoms. The summed E-state index contributed by atoms with van der Waals surface area (Å²) in [6.45, 7) is 5.00. The average molecular weight is 412 g/mol. The largest absolute Gasteiger partial charge is 0.357 e. The maximum absolute atomic E-state index is 12.6. The Balaban J connectivity index is 1.50. The molecular formula is C21H29N7O2. The standard InChI is InChI=1S/C21H29N7O2/c1-3-22-21(23-10-9-19(29)24-13-17-7-5-4-6-8-17)27-11-12-28(20(30)16-27)18-14-25-26(2)15-18/h4-8,14-15H,3,9-13,16H2,1-2H3,(H,22,23)(H,24,29). The molecule has 0 atom stereocenters. The molecule has 2 aromatic rings. The molecule has 2 amide bonds. The van der Waals surface area contributed by atoms with E-state index in [9.17, 15) is 9.59 Å². The maximum Gasteiger partial charge on any atom is 0.246 e. The van der Waals surface area contributed by atoms with Crippen molar-refractivity contribution in [3.63, 3.8) is 0 Å². The predicted molar refractivity (Wildman–Crippen MR) is 116 cm³/mol. The Labute approximate surface area is 176 Å². The molecule has 0 aliphatic carbocycles. The lowest BCUT2D eigenvalue weighted by Gasteiger charge is -2.35. The van der Waals surface area contributed by atoms with Crippen LogP contribution in [0.2, 0.25) is 0 Å². The summed E-state index contributed by atoms with van der Waals surface area (Å²) in [4.78, 5) is 33.0. The van der Waals surface area contributed by atoms with E-state index in [1.807, 2.05) is 55.4 Å². The second kappa shape index (κ2) is 10.4. The number of aryl methyl sites for hydroxylation is 1. The molecule has 0 radical (unpaired) electrons. The lowest BCUT2D eigenvalue weighted by molar-refractivity contribution is -0.121. The van der Waals surface area contributed by atoms with Gasteiger partial charge in [-0.25, -0.2) is 0 Å². The third-order valence-electron chi connectivity index (χ3n) is 4.79. The maximum atomic E-state index is 12.6. The minimum atomic E-state index is -0.0454. The number of amides is 2. The number of piperazine rings is 1. The van der Waals surface area contributed by atoms with Crippen LogP contribution in [0, 0.1) is 0 Å². The highest BCUT2D eigenvalue weighted by atomic mass is 16.2. The summed E-state index contributed by atoms with van der Waals surface area (Å²) in [5.41, 5.74) is 1.87. The summed E-state index contributed by atoms with van der Waals surface area (Å²) in [5, 5.41) is 10.3. The van der Waals surface area contributed by atoms with E-state index in [4.69, 9.17) is 0 Å². The van der Waals surface area contributed by atoms with Crippen molar-refractivity contribution >= 4 is 23.5 Å². The van der Waals surface area contributed by atoms with Gasteiger partial charge in [0.05, 0.1) is 18.4 Å². The Morgan fingerprint density at radius 1 is 1.20 bits per heavy atom. The lowest BCUT2D eigenvalue weighted by Crippen LogP contribution is -2.55. The number of nitrogens with zero attached hydrogens (tertiary/aromatic N) is 5. The minimum absolute atomic E-state index is 0.000423. The summed E-state index contributed by atoms with van der Waals surface area (Å²) in [7, 11) is 1.83. The van der Waals surface area contributed by atoms with Gasteiger partial charge in [-0.3, -0.25) is 19.3 Å². The SMILES string of the molecule is CCNC(=NCCC(=O)NCc1ccccc1)N1CCN(c2cnn(C)c2)C(=O)C1. The molecule has 0 saturated carbocycles. The Morgan fingerprint density at radius 2 is 2.00 bits per heavy atom. The predicted octanol–water partition coefficient (Wildman–Crippen LogP) is 0.741. The Bertz CT molecular complexity index is 878. The molecule has 1 fully saturated rings. The Hall–Kier alpha value is -3.36. The number of benzene rings is 1. The van der Waals surface area contributed by atoms with E-state index in [-0.39, 0.29) is 18.4 Å². The summed E-state index contributed by atoms with van der Waals surface area (Å²) < 4.78 is 1.68. The van der Waals surface area contributed by atoms with E-state index in [0.717, 1.165) is 11.3 Å². The van der Waals surface area contributed by atoms with Gasteiger partial charge in [0.15, 0.2) is 5.96 Å². The van der Waals surface area contributed by atoms with Crippen LogP contribution in [0.3, 0.4) is 0 Å². The van der Waals surface area contributed by atoms with Crippen LogP contribution in [-0.4, -0.2) is 65.2 Å². The van der Waals surface area contributed by atoms with Crippen LogP contribution >= 0.6 is 0 Å². The van der Waals surface area contributed by atoms with Gasteiger partial charge in [-0.1, -0.05) is 30.3 Å². The summed E-state index contributed by atoms with van der Waals surface area (Å²) in [5.74, 6) is 0.615. The molecule has 1 aromatic carbocycles. The molecule has 0 spiro atoms. The molecule has 0 bridgehead atoms. The van der Waals surface area contributed by atoms with Crippen molar-refractivity contribution in [1.82, 2.24) is 25.3 Å². The average Bonchev–Trinajstić information content (AvgIpc) is 3.18. The molecule has 1 saturated heterocycles. The second-order valence-electron chi connectivity index (χ2n) is 7.09. The fraction of sp³-hybridized carbons (Fsp3) is 0.429. The molecule has 2 N–H and O–H groups in total. The molecular weight excluding hydrogens is 382 g/mol. The number of anilines is 1. The van der Waals surface area contributed by atoms with Crippen LogP contribution in [0.4, 0.5) is 5.69 Å². The number of guanidine groups is 1. The van der Waals surface area contributed by atoms with Gasteiger partial charge in [-0.05, 0) is 12.5 Å². The number of carbonyl (C=O) groups excluding carboxylic acids is 2. The van der Waals surface area contributed by atoms with E-state index in [0.29, 0.717) is 45.1 Å². The second-order valence-corrected chi connectivity index (χ2v) is 7.09. The normalized spacial score (nSPS) is 14.7. The van der Waals surface area contributed by atoms with Gasteiger partial charge in [-0.15, -0.1) is 0 Å². The topological polar surface area (TPSA) is 94.9 Å². The zero-order valence-corrected chi connectivity index (χ0v) is 17.5. The number of aromatic nitrogens is 2. The number of hydrogen-bond donors (Lipinski definition) is 2. The fourth-order valence-corrected chi connectivity index (χ4v) is 3.25. The first-order valence-electron chi connectivity index (χ1n) is 10.2. The van der Waals surface area contributed by atoms with Crippen LogP contribution < -0.4 is 15.5 Å². The van der Waals surface area contributed by atoms with Crippen LogP contribution in [0.25, 0.3) is 0 Å². The van der Waals surface area contributed by atoms with E-state index >= 15 is 0 Å². The fourth-order valence-electron chi connectivity index (χ4n) is 3.25. The highest BCUT2D eigenvalue weighted by molar-refractivity contribution is 5.98. The number of hydrogen-bond acceptors (Lipinski definition) is 4. The summed E-state index contributed by atoms with van der Waals surface area (Å²) >= 11 is 0. The van der Waals surface area contributed by atoms with Gasteiger partial charge in [0.25, 0.3) is 0 Å². The zero-order chi connectivity index (χ0) is 21.3. The van der Waals surface area contributed by atoms with Gasteiger partial charge in [0, 0.05) is 45.8 Å². The third-order valence-corrected chi connectivity index (χ3v) is 4.79. The van der Waals surface area contributed by atoms with Crippen molar-refractivity contribution in [3.05, 3.63) is 48.3 Å². The lowest BCUT2D eigenvalue weighted by atomic mass is 10.2. The highest BCUT2D eigenvalue weighted by Gasteiger charge is 2.27. The van der Waals surface area contributed by atoms with Gasteiger partial charge in [0.1, 0.15) is 6.54 Å². The molecule has 3 rings (SSSR count). The molecule has 1 aliphatic heterocycles. The molecule has 1 aromatic heterocycles. The molecule has 0 unspecified atom stereocenters. The quantitative estimate of drug-likeness (QED) is 0.518. The minimum Gasteiger partial charge on any atom is -0.357 e. The Kier molecular flexibility index (Phi) is 7.42. The van der Waals surface area contributed by atoms with Gasteiger partial charge in [0.2, 0.25) is 11.8 Å². The monoisotopic (exact) mass is 411 g/mol. The van der Waals surface area contributed by atoms with Crippen molar-refractivity contribution in [3.8, 4) is 0 Å². The van der Waals surface area contributed by atoms with Gasteiger partial charge in [-0.2, -0.15) is 5.10 Å². The van der Waals surface area contributed by atoms with Crippen LogP contribution in [0.1, 0.15) is 18.9 Å². The number of rotatable bonds is 7. The van der Waals surface area contributed by atoms with Crippen molar-refractivity contribution in [2.24, 2.45) is 12.0 Å². The van der Waals surface area contributed by atoms with E-state index in [1.165, 1.54) is 0 Å². The highest BCUT2D eigenvalue weighted by Crippen LogP contribution is 2.16. The molecule has 1 aliphatic rings. The molecule has 2 heterocycles. The molecule has 9 nitrogen and oxygen atoms in total. The van der Waals surface area contributed by atoms with Gasteiger partial charge < -0.3 is 20.4 Å². The summed E-state index contributed by atoms with van der Waals surface area (Å²) in [6.07, 6.45) is 3.83. The van der Waals surface area contributed by atoms with Crippen molar-refractivity contribution in [2.45, 2.75) is 19.9 Å². The smallest absolute Gasteiger partial charge is 0.246 e. The number of carbonyl (C=O) groups is 2. The Morgan fingerprint density at radius 3 is 2.67 bits per heavy atom. The summed E-state index contributed by atoms with van der Waals surface area (Å²) in [6, 6.07) is 9.80. The van der Waals surface area contributed by atoms with Crippen LogP contribution in [-0.2, 0) is 23.2 Å². The van der Waals surface area contributed by atoms with Crippen molar-refractivity contribution < 1.29 is 9.59 Å². The number of aliphatic imine (C=N–C) groups is 1. The zero-order valence-electron chi connectivity index (χ0n) is 17.5. The van der Waals surface area contributed by atoms with Crippen molar-refractivity contribution in [1.29, 1.82) is 0 Å². The first-order chi connectivity index (χ1) is 14.6. The molecule has 30 heavy (non-hydrogen) atoms. The van der Waals surface area contributed by atoms with Crippen LogP contribution in [0.15, 0.2) is 47.7 Å². The first kappa shape index (κ1) is 21.4. The third kappa shape index (κ3) is 5.82. The van der Waals surface area contributed by atoms with Gasteiger partial charge >= 0.3 is 0 Å².